The first-order valence-electron chi connectivity index (χ1n) is 2.91. The van der Waals surface area contributed by atoms with Gasteiger partial charge in [-0.3, -0.25) is 0 Å². The molecule has 0 amide bonds. The van der Waals surface area contributed by atoms with Gasteiger partial charge < -0.3 is 0 Å². The zero-order valence-corrected chi connectivity index (χ0v) is 6.22. The van der Waals surface area contributed by atoms with Crippen molar-refractivity contribution in [2.45, 2.75) is 18.8 Å². The van der Waals surface area contributed by atoms with Gasteiger partial charge in [0.25, 0.3) is 6.43 Å². The quantitative estimate of drug-likeness (QED) is 0.639. The number of nitrogens with zero attached hydrogens (tertiary/aromatic N) is 2. The molecule has 13 heavy (non-hydrogen) atoms. The van der Waals surface area contributed by atoms with Gasteiger partial charge in [-0.2, -0.15) is 10.5 Å². The Bertz CT molecular complexity index is 194. The van der Waals surface area contributed by atoms with Crippen LogP contribution in [0.4, 0.5) is 22.0 Å². The SMILES string of the molecule is N#CC(F)C(F)F.N#CC(F)CF. The second-order valence-electron chi connectivity index (χ2n) is 1.62. The molecule has 0 aliphatic carbocycles. The molecule has 2 unspecified atom stereocenters. The summed E-state index contributed by atoms with van der Waals surface area (Å²) in [6.07, 6.45) is -7.71. The Hall–Kier alpha value is -1.37. The van der Waals surface area contributed by atoms with Crippen molar-refractivity contribution in [2.75, 3.05) is 6.67 Å². The standard InChI is InChI=1S/C3H2F3N.C3H3F2N/c4-2(1-7)3(5)6;4-1-3(5)2-6/h2-3H;3H,1H2. The number of alkyl halides is 5. The molecule has 0 aromatic rings. The van der Waals surface area contributed by atoms with Crippen molar-refractivity contribution in [3.8, 4) is 12.1 Å². The molecule has 2 atom stereocenters. The van der Waals surface area contributed by atoms with E-state index in [1.54, 1.807) is 0 Å². The van der Waals surface area contributed by atoms with E-state index in [9.17, 15) is 22.0 Å². The minimum absolute atomic E-state index is 0.748. The van der Waals surface area contributed by atoms with E-state index in [2.05, 4.69) is 0 Å². The molecule has 74 valence electrons. The second kappa shape index (κ2) is 8.72. The van der Waals surface area contributed by atoms with Crippen LogP contribution in [0.5, 0.6) is 0 Å². The number of nitriles is 2. The third kappa shape index (κ3) is 10.6. The molecule has 0 aromatic heterocycles. The summed E-state index contributed by atoms with van der Waals surface area (Å²) in [6, 6.07) is 1.82. The molecule has 0 saturated heterocycles. The number of hydrogen-bond donors (Lipinski definition) is 0. The lowest BCUT2D eigenvalue weighted by Gasteiger charge is -1.90. The van der Waals surface area contributed by atoms with Crippen molar-refractivity contribution >= 4 is 0 Å². The molecule has 7 heteroatoms. The average molecular weight is 200 g/mol. The minimum Gasteiger partial charge on any atom is -0.247 e. The lowest BCUT2D eigenvalue weighted by molar-refractivity contribution is 0.0787. The van der Waals surface area contributed by atoms with E-state index in [4.69, 9.17) is 10.5 Å². The van der Waals surface area contributed by atoms with E-state index in [0.29, 0.717) is 0 Å². The number of rotatable bonds is 2. The maximum absolute atomic E-state index is 11.1. The highest BCUT2D eigenvalue weighted by atomic mass is 19.3. The molecule has 0 aliphatic rings. The summed E-state index contributed by atoms with van der Waals surface area (Å²) in [4.78, 5) is 0. The third-order valence-corrected chi connectivity index (χ3v) is 0.620. The summed E-state index contributed by atoms with van der Waals surface area (Å²) < 4.78 is 54.7. The third-order valence-electron chi connectivity index (χ3n) is 0.620. The molecular weight excluding hydrogens is 195 g/mol. The monoisotopic (exact) mass is 200 g/mol. The maximum atomic E-state index is 11.1. The molecule has 0 fully saturated rings. The molecule has 0 radical (unpaired) electrons. The van der Waals surface area contributed by atoms with Crippen molar-refractivity contribution in [3.05, 3.63) is 0 Å². The molecule has 0 N–H and O–H groups in total. The van der Waals surface area contributed by atoms with Gasteiger partial charge >= 0.3 is 0 Å². The lowest BCUT2D eigenvalue weighted by Crippen LogP contribution is -2.07. The van der Waals surface area contributed by atoms with Crippen molar-refractivity contribution < 1.29 is 22.0 Å². The molecule has 0 spiro atoms. The molecule has 0 bridgehead atoms. The highest BCUT2D eigenvalue weighted by Gasteiger charge is 2.16. The molecule has 0 saturated carbocycles. The van der Waals surface area contributed by atoms with Crippen LogP contribution in [-0.4, -0.2) is 25.4 Å². The van der Waals surface area contributed by atoms with Crippen molar-refractivity contribution in [2.24, 2.45) is 0 Å². The van der Waals surface area contributed by atoms with E-state index >= 15 is 0 Å². The summed E-state index contributed by atoms with van der Waals surface area (Å²) in [5, 5.41) is 14.9. The molecule has 0 aliphatic heterocycles. The van der Waals surface area contributed by atoms with E-state index in [1.807, 2.05) is 0 Å². The Morgan fingerprint density at radius 2 is 1.46 bits per heavy atom. The largest absolute Gasteiger partial charge is 0.282 e. The maximum Gasteiger partial charge on any atom is 0.282 e. The Kier molecular flexibility index (Phi) is 9.51. The van der Waals surface area contributed by atoms with Crippen LogP contribution in [0.1, 0.15) is 0 Å². The first-order valence-corrected chi connectivity index (χ1v) is 2.91. The van der Waals surface area contributed by atoms with Crippen LogP contribution < -0.4 is 0 Å². The zero-order valence-electron chi connectivity index (χ0n) is 6.22. The fourth-order valence-corrected chi connectivity index (χ4v) is 0.0908. The van der Waals surface area contributed by atoms with Gasteiger partial charge in [-0.1, -0.05) is 0 Å². The lowest BCUT2D eigenvalue weighted by atomic mass is 10.5. The molecular formula is C6H5F5N2. The zero-order chi connectivity index (χ0) is 10.9. The van der Waals surface area contributed by atoms with Crippen molar-refractivity contribution in [1.29, 1.82) is 10.5 Å². The van der Waals surface area contributed by atoms with Gasteiger partial charge in [-0.25, -0.2) is 22.0 Å². The van der Waals surface area contributed by atoms with Crippen LogP contribution in [0.3, 0.4) is 0 Å². The molecule has 0 rings (SSSR count). The summed E-state index contributed by atoms with van der Waals surface area (Å²) in [6.45, 7) is -1.20. The van der Waals surface area contributed by atoms with E-state index in [0.717, 1.165) is 12.1 Å². The number of hydrogen-bond acceptors (Lipinski definition) is 2. The van der Waals surface area contributed by atoms with Gasteiger partial charge in [0.2, 0.25) is 12.3 Å². The highest BCUT2D eigenvalue weighted by Crippen LogP contribution is 2.01. The highest BCUT2D eigenvalue weighted by molar-refractivity contribution is 4.84. The van der Waals surface area contributed by atoms with Gasteiger partial charge in [-0.05, 0) is 0 Å². The van der Waals surface area contributed by atoms with Crippen LogP contribution in [0.15, 0.2) is 0 Å². The minimum atomic E-state index is -3.16. The van der Waals surface area contributed by atoms with E-state index < -0.39 is 25.4 Å². The van der Waals surface area contributed by atoms with Gasteiger partial charge in [0.1, 0.15) is 18.8 Å². The predicted octanol–water partition coefficient (Wildman–Crippen LogP) is 1.93. The fourth-order valence-electron chi connectivity index (χ4n) is 0.0908. The molecule has 0 heterocycles. The van der Waals surface area contributed by atoms with Crippen LogP contribution in [0, 0.1) is 22.7 Å². The van der Waals surface area contributed by atoms with Gasteiger partial charge in [0, 0.05) is 0 Å². The normalized spacial score (nSPS) is 13.2. The average Bonchev–Trinajstić information content (AvgIpc) is 2.16. The summed E-state index contributed by atoms with van der Waals surface area (Å²) in [5.74, 6) is 0. The Morgan fingerprint density at radius 3 is 1.46 bits per heavy atom. The summed E-state index contributed by atoms with van der Waals surface area (Å²) in [7, 11) is 0. The second-order valence-corrected chi connectivity index (χ2v) is 1.62. The fraction of sp³-hybridized carbons (Fsp3) is 0.667. The van der Waals surface area contributed by atoms with Crippen LogP contribution >= 0.6 is 0 Å². The van der Waals surface area contributed by atoms with Crippen molar-refractivity contribution in [1.82, 2.24) is 0 Å². The van der Waals surface area contributed by atoms with E-state index in [-0.39, 0.29) is 0 Å². The van der Waals surface area contributed by atoms with Crippen LogP contribution in [0.25, 0.3) is 0 Å². The van der Waals surface area contributed by atoms with E-state index in [1.165, 1.54) is 0 Å². The van der Waals surface area contributed by atoms with Gasteiger partial charge in [0.05, 0.1) is 0 Å². The molecule has 0 aromatic carbocycles. The Balaban J connectivity index is 0. The van der Waals surface area contributed by atoms with Gasteiger partial charge in [-0.15, -0.1) is 0 Å². The first kappa shape index (κ1) is 14.2. The van der Waals surface area contributed by atoms with Crippen LogP contribution in [0.2, 0.25) is 0 Å². The van der Waals surface area contributed by atoms with Gasteiger partial charge in [0.15, 0.2) is 0 Å². The van der Waals surface area contributed by atoms with Crippen LogP contribution in [-0.2, 0) is 0 Å². The summed E-state index contributed by atoms with van der Waals surface area (Å²) >= 11 is 0. The predicted molar refractivity (Wildman–Crippen MR) is 33.0 cm³/mol. The smallest absolute Gasteiger partial charge is 0.247 e. The molecule has 2 nitrogen and oxygen atoms in total. The Morgan fingerprint density at radius 1 is 1.00 bits per heavy atom. The topological polar surface area (TPSA) is 47.6 Å². The number of halogens is 5. The van der Waals surface area contributed by atoms with Crippen molar-refractivity contribution in [3.63, 3.8) is 0 Å². The first-order chi connectivity index (χ1) is 5.99. The Labute approximate surface area is 71.2 Å². The summed E-state index contributed by atoms with van der Waals surface area (Å²) in [5.41, 5.74) is 0.